The van der Waals surface area contributed by atoms with Gasteiger partial charge in [0, 0.05) is 13.1 Å². The molecule has 9 nitrogen and oxygen atoms in total. The van der Waals surface area contributed by atoms with Crippen molar-refractivity contribution in [2.45, 2.75) is 6.04 Å². The third-order valence-electron chi connectivity index (χ3n) is 3.74. The van der Waals surface area contributed by atoms with Gasteiger partial charge in [0.2, 0.25) is 5.91 Å². The molecular formula is C13H14N4O5. The summed E-state index contributed by atoms with van der Waals surface area (Å²) in [4.78, 5) is 51.2. The van der Waals surface area contributed by atoms with E-state index in [9.17, 15) is 19.2 Å². The summed E-state index contributed by atoms with van der Waals surface area (Å²) < 4.78 is 5.05. The lowest BCUT2D eigenvalue weighted by Crippen LogP contribution is -2.54. The molecule has 2 aliphatic rings. The summed E-state index contributed by atoms with van der Waals surface area (Å²) in [6.07, 6.45) is 1.39. The quantitative estimate of drug-likeness (QED) is 0.708. The van der Waals surface area contributed by atoms with E-state index in [1.165, 1.54) is 22.1 Å². The van der Waals surface area contributed by atoms with Crippen LogP contribution < -0.4 is 5.73 Å². The second kappa shape index (κ2) is 5.17. The van der Waals surface area contributed by atoms with E-state index in [4.69, 9.17) is 10.2 Å². The number of rotatable bonds is 3. The van der Waals surface area contributed by atoms with E-state index in [-0.39, 0.29) is 24.8 Å². The first-order chi connectivity index (χ1) is 10.5. The maximum Gasteiger partial charge on any atom is 0.328 e. The lowest BCUT2D eigenvalue weighted by molar-refractivity contribution is -0.132. The molecule has 2 saturated heterocycles. The van der Waals surface area contributed by atoms with E-state index in [0.29, 0.717) is 6.54 Å². The molecule has 0 spiro atoms. The number of urea groups is 1. The van der Waals surface area contributed by atoms with Crippen molar-refractivity contribution in [1.82, 2.24) is 14.7 Å². The monoisotopic (exact) mass is 306 g/mol. The van der Waals surface area contributed by atoms with Crippen LogP contribution >= 0.6 is 0 Å². The summed E-state index contributed by atoms with van der Waals surface area (Å²) in [6, 6.07) is 1.82. The second-order valence-corrected chi connectivity index (χ2v) is 5.11. The van der Waals surface area contributed by atoms with Crippen LogP contribution in [0.25, 0.3) is 0 Å². The van der Waals surface area contributed by atoms with E-state index in [2.05, 4.69) is 0 Å². The van der Waals surface area contributed by atoms with Crippen LogP contribution in [0.1, 0.15) is 10.6 Å². The van der Waals surface area contributed by atoms with Gasteiger partial charge in [0.05, 0.1) is 12.8 Å². The average Bonchev–Trinajstić information content (AvgIpc) is 3.10. The van der Waals surface area contributed by atoms with Crippen LogP contribution in [0.4, 0.5) is 4.79 Å². The van der Waals surface area contributed by atoms with Crippen LogP contribution in [0.2, 0.25) is 0 Å². The predicted molar refractivity (Wildman–Crippen MR) is 71.4 cm³/mol. The molecule has 5 amide bonds. The zero-order chi connectivity index (χ0) is 15.9. The Balaban J connectivity index is 1.75. The third-order valence-corrected chi connectivity index (χ3v) is 3.74. The number of fused-ring (bicyclic) bond motifs is 1. The molecule has 1 aromatic rings. The van der Waals surface area contributed by atoms with E-state index in [0.717, 1.165) is 4.90 Å². The van der Waals surface area contributed by atoms with Crippen LogP contribution in [0.3, 0.4) is 0 Å². The minimum atomic E-state index is -0.778. The van der Waals surface area contributed by atoms with Gasteiger partial charge < -0.3 is 20.0 Å². The van der Waals surface area contributed by atoms with Gasteiger partial charge in [0.25, 0.3) is 11.8 Å². The Morgan fingerprint density at radius 2 is 2.09 bits per heavy atom. The highest BCUT2D eigenvalue weighted by molar-refractivity contribution is 6.07. The Hall–Kier alpha value is -2.84. The average molecular weight is 306 g/mol. The lowest BCUT2D eigenvalue weighted by atomic mass is 10.1. The molecule has 2 fully saturated rings. The van der Waals surface area contributed by atoms with Crippen molar-refractivity contribution in [3.63, 3.8) is 0 Å². The van der Waals surface area contributed by atoms with Gasteiger partial charge in [-0.25, -0.2) is 4.79 Å². The van der Waals surface area contributed by atoms with Crippen LogP contribution in [-0.4, -0.2) is 70.7 Å². The summed E-state index contributed by atoms with van der Waals surface area (Å²) in [5.74, 6) is -1.43. The lowest BCUT2D eigenvalue weighted by Gasteiger charge is -2.34. The Kier molecular flexibility index (Phi) is 3.32. The van der Waals surface area contributed by atoms with Gasteiger partial charge >= 0.3 is 6.03 Å². The summed E-state index contributed by atoms with van der Waals surface area (Å²) >= 11 is 0. The number of nitrogens with zero attached hydrogens (tertiary/aromatic N) is 3. The van der Waals surface area contributed by atoms with E-state index < -0.39 is 30.4 Å². The van der Waals surface area contributed by atoms with E-state index in [1.807, 2.05) is 0 Å². The first kappa shape index (κ1) is 14.1. The van der Waals surface area contributed by atoms with Gasteiger partial charge in [-0.2, -0.15) is 0 Å². The molecular weight excluding hydrogens is 292 g/mol. The predicted octanol–water partition coefficient (Wildman–Crippen LogP) is -1.15. The van der Waals surface area contributed by atoms with Gasteiger partial charge in [0.1, 0.15) is 12.6 Å². The third kappa shape index (κ3) is 2.20. The minimum Gasteiger partial charge on any atom is -0.459 e. The molecule has 2 aliphatic heterocycles. The Bertz CT molecular complexity index is 641. The highest BCUT2D eigenvalue weighted by Gasteiger charge is 2.48. The number of nitrogens with two attached hydrogens (primary N) is 1. The Morgan fingerprint density at radius 1 is 1.32 bits per heavy atom. The number of carbonyl (C=O) groups excluding carboxylic acids is 4. The molecule has 116 valence electrons. The number of piperazine rings is 1. The van der Waals surface area contributed by atoms with Crippen LogP contribution in [0, 0.1) is 0 Å². The molecule has 22 heavy (non-hydrogen) atoms. The van der Waals surface area contributed by atoms with Crippen molar-refractivity contribution in [2.75, 3.05) is 26.2 Å². The molecule has 1 unspecified atom stereocenters. The maximum atomic E-state index is 12.2. The smallest absolute Gasteiger partial charge is 0.328 e. The van der Waals surface area contributed by atoms with Crippen LogP contribution in [0.15, 0.2) is 22.8 Å². The molecule has 3 rings (SSSR count). The molecule has 0 bridgehead atoms. The molecule has 1 aromatic heterocycles. The largest absolute Gasteiger partial charge is 0.459 e. The zero-order valence-corrected chi connectivity index (χ0v) is 11.6. The van der Waals surface area contributed by atoms with Gasteiger partial charge in [-0.05, 0) is 12.1 Å². The molecule has 9 heteroatoms. The number of carbonyl (C=O) groups is 4. The summed E-state index contributed by atoms with van der Waals surface area (Å²) in [5, 5.41) is 0. The minimum absolute atomic E-state index is 0.0688. The van der Waals surface area contributed by atoms with Crippen molar-refractivity contribution in [2.24, 2.45) is 5.73 Å². The normalized spacial score (nSPS) is 21.3. The summed E-state index contributed by atoms with van der Waals surface area (Å²) in [7, 11) is 0. The fourth-order valence-electron chi connectivity index (χ4n) is 2.69. The fraction of sp³-hybridized carbons (Fsp3) is 0.385. The van der Waals surface area contributed by atoms with Crippen molar-refractivity contribution < 1.29 is 23.6 Å². The summed E-state index contributed by atoms with van der Waals surface area (Å²) in [5.41, 5.74) is 5.05. The Labute approximate surface area is 125 Å². The number of primary amides is 1. The van der Waals surface area contributed by atoms with Gasteiger partial charge in [-0.15, -0.1) is 0 Å². The molecule has 0 aromatic carbocycles. The van der Waals surface area contributed by atoms with E-state index in [1.54, 1.807) is 6.07 Å². The number of amides is 5. The van der Waals surface area contributed by atoms with Crippen LogP contribution in [0.5, 0.6) is 0 Å². The molecule has 3 heterocycles. The molecule has 0 saturated carbocycles. The van der Waals surface area contributed by atoms with Crippen LogP contribution in [-0.2, 0) is 9.59 Å². The zero-order valence-electron chi connectivity index (χ0n) is 11.6. The standard InChI is InChI=1S/C13H14N4O5/c14-10(18)7-17-11(19)8-6-15(3-4-16(8)13(17)21)12(20)9-2-1-5-22-9/h1-2,5,8H,3-4,6-7H2,(H2,14,18). The highest BCUT2D eigenvalue weighted by Crippen LogP contribution is 2.22. The van der Waals surface area contributed by atoms with Crippen molar-refractivity contribution in [3.8, 4) is 0 Å². The van der Waals surface area contributed by atoms with Crippen molar-refractivity contribution >= 4 is 23.8 Å². The van der Waals surface area contributed by atoms with Crippen molar-refractivity contribution in [1.29, 1.82) is 0 Å². The Morgan fingerprint density at radius 3 is 2.73 bits per heavy atom. The number of furan rings is 1. The first-order valence-electron chi connectivity index (χ1n) is 6.72. The molecule has 1 atom stereocenters. The maximum absolute atomic E-state index is 12.2. The SMILES string of the molecule is NC(=O)CN1C(=O)C2CN(C(=O)c3ccco3)CCN2C1=O. The van der Waals surface area contributed by atoms with Crippen molar-refractivity contribution in [3.05, 3.63) is 24.2 Å². The van der Waals surface area contributed by atoms with Gasteiger partial charge in [-0.3, -0.25) is 19.3 Å². The number of hydrogen-bond donors (Lipinski definition) is 1. The highest BCUT2D eigenvalue weighted by atomic mass is 16.3. The fourth-order valence-corrected chi connectivity index (χ4v) is 2.69. The summed E-state index contributed by atoms with van der Waals surface area (Å²) in [6.45, 7) is 0.132. The van der Waals surface area contributed by atoms with Gasteiger partial charge in [0.15, 0.2) is 5.76 Å². The number of hydrogen-bond acceptors (Lipinski definition) is 5. The molecule has 0 aliphatic carbocycles. The van der Waals surface area contributed by atoms with E-state index >= 15 is 0 Å². The second-order valence-electron chi connectivity index (χ2n) is 5.11. The topological polar surface area (TPSA) is 117 Å². The molecule has 0 radical (unpaired) electrons. The van der Waals surface area contributed by atoms with Gasteiger partial charge in [-0.1, -0.05) is 0 Å². The number of imide groups is 1. The molecule has 2 N–H and O–H groups in total. The first-order valence-corrected chi connectivity index (χ1v) is 6.72.